The van der Waals surface area contributed by atoms with E-state index in [9.17, 15) is 4.79 Å². The highest BCUT2D eigenvalue weighted by molar-refractivity contribution is 7.17. The standard InChI is InChI=1S/C23H19N3O2S/c1-13-4-6-15(7-5-13)21-20(26-12-14(2)29-23(26)25-21)11-18-17-10-16(28-3)8-9-19(17)24-22(18)27/h4-12H,1-3H3,(H,24,27)/b18-11-. The van der Waals surface area contributed by atoms with Crippen LogP contribution in [0.1, 0.15) is 21.7 Å². The first-order chi connectivity index (χ1) is 14.0. The summed E-state index contributed by atoms with van der Waals surface area (Å²) in [5.41, 5.74) is 6.23. The van der Waals surface area contributed by atoms with Crippen LogP contribution in [-0.2, 0) is 4.79 Å². The van der Waals surface area contributed by atoms with Gasteiger partial charge in [0.25, 0.3) is 5.91 Å². The van der Waals surface area contributed by atoms with Crippen molar-refractivity contribution in [2.75, 3.05) is 12.4 Å². The van der Waals surface area contributed by atoms with Crippen LogP contribution in [0.5, 0.6) is 5.75 Å². The Kier molecular flexibility index (Phi) is 4.03. The number of carbonyl (C=O) groups is 1. The van der Waals surface area contributed by atoms with Crippen molar-refractivity contribution < 1.29 is 9.53 Å². The van der Waals surface area contributed by atoms with Crippen molar-refractivity contribution in [3.8, 4) is 17.0 Å². The summed E-state index contributed by atoms with van der Waals surface area (Å²) in [5, 5.41) is 2.94. The molecule has 0 spiro atoms. The maximum absolute atomic E-state index is 12.7. The fourth-order valence-corrected chi connectivity index (χ4v) is 4.44. The summed E-state index contributed by atoms with van der Waals surface area (Å²) in [4.78, 5) is 19.7. The van der Waals surface area contributed by atoms with Crippen LogP contribution in [0.15, 0.2) is 48.7 Å². The topological polar surface area (TPSA) is 55.6 Å². The fraction of sp³-hybridized carbons (Fsp3) is 0.130. The number of aromatic nitrogens is 2. The summed E-state index contributed by atoms with van der Waals surface area (Å²) in [6.07, 6.45) is 4.00. The molecule has 2 aromatic carbocycles. The highest BCUT2D eigenvalue weighted by Gasteiger charge is 2.26. The smallest absolute Gasteiger partial charge is 0.256 e. The number of hydrogen-bond donors (Lipinski definition) is 1. The number of thiazole rings is 1. The number of ether oxygens (including phenoxy) is 1. The van der Waals surface area contributed by atoms with Gasteiger partial charge >= 0.3 is 0 Å². The second-order valence-corrected chi connectivity index (χ2v) is 8.34. The Balaban J connectivity index is 1.74. The molecule has 0 aliphatic carbocycles. The monoisotopic (exact) mass is 401 g/mol. The summed E-state index contributed by atoms with van der Waals surface area (Å²) in [6, 6.07) is 13.9. The number of aryl methyl sites for hydroxylation is 2. The average Bonchev–Trinajstić information content (AvgIpc) is 3.33. The van der Waals surface area contributed by atoms with E-state index in [0.717, 1.165) is 38.9 Å². The molecule has 144 valence electrons. The molecule has 0 radical (unpaired) electrons. The number of fused-ring (bicyclic) bond motifs is 2. The highest BCUT2D eigenvalue weighted by atomic mass is 32.1. The molecule has 0 saturated heterocycles. The van der Waals surface area contributed by atoms with Crippen molar-refractivity contribution in [2.45, 2.75) is 13.8 Å². The van der Waals surface area contributed by atoms with E-state index in [1.54, 1.807) is 18.4 Å². The second-order valence-electron chi connectivity index (χ2n) is 7.13. The number of methoxy groups -OCH3 is 1. The summed E-state index contributed by atoms with van der Waals surface area (Å²) in [5.74, 6) is 0.597. The molecule has 0 fully saturated rings. The van der Waals surface area contributed by atoms with E-state index in [0.29, 0.717) is 5.57 Å². The van der Waals surface area contributed by atoms with Gasteiger partial charge in [0.05, 0.1) is 24.1 Å². The number of nitrogens with zero attached hydrogens (tertiary/aromatic N) is 2. The number of rotatable bonds is 3. The first-order valence-electron chi connectivity index (χ1n) is 9.30. The lowest BCUT2D eigenvalue weighted by atomic mass is 10.0. The molecule has 1 aliphatic heterocycles. The number of hydrogen-bond acceptors (Lipinski definition) is 4. The van der Waals surface area contributed by atoms with Crippen LogP contribution in [0, 0.1) is 13.8 Å². The highest BCUT2D eigenvalue weighted by Crippen LogP contribution is 2.38. The SMILES string of the molecule is COc1ccc2c(c1)/C(=C/c1c(-c3ccc(C)cc3)nc3sc(C)cn13)C(=O)N2. The second kappa shape index (κ2) is 6.60. The summed E-state index contributed by atoms with van der Waals surface area (Å²) in [6.45, 7) is 4.12. The maximum atomic E-state index is 12.7. The Hall–Kier alpha value is -3.38. The van der Waals surface area contributed by atoms with Crippen LogP contribution >= 0.6 is 11.3 Å². The molecule has 0 unspecified atom stereocenters. The van der Waals surface area contributed by atoms with Gasteiger partial charge in [-0.25, -0.2) is 4.98 Å². The van der Waals surface area contributed by atoms with E-state index in [1.807, 2.05) is 24.3 Å². The molecular weight excluding hydrogens is 382 g/mol. The molecule has 0 saturated carbocycles. The van der Waals surface area contributed by atoms with Crippen LogP contribution in [0.25, 0.3) is 27.9 Å². The Morgan fingerprint density at radius 1 is 1.14 bits per heavy atom. The van der Waals surface area contributed by atoms with Crippen LogP contribution < -0.4 is 10.1 Å². The van der Waals surface area contributed by atoms with Gasteiger partial charge in [0, 0.05) is 27.9 Å². The lowest BCUT2D eigenvalue weighted by Crippen LogP contribution is -2.04. The molecule has 5 nitrogen and oxygen atoms in total. The fourth-order valence-electron chi connectivity index (χ4n) is 3.61. The predicted octanol–water partition coefficient (Wildman–Crippen LogP) is 5.18. The van der Waals surface area contributed by atoms with E-state index in [1.165, 1.54) is 10.4 Å². The molecule has 1 aliphatic rings. The number of benzene rings is 2. The zero-order chi connectivity index (χ0) is 20.1. The molecular formula is C23H19N3O2S. The molecule has 0 bridgehead atoms. The molecule has 5 rings (SSSR count). The lowest BCUT2D eigenvalue weighted by Gasteiger charge is -2.04. The van der Waals surface area contributed by atoms with E-state index in [2.05, 4.69) is 54.0 Å². The molecule has 3 heterocycles. The number of carbonyl (C=O) groups excluding carboxylic acids is 1. The molecule has 4 aromatic rings. The van der Waals surface area contributed by atoms with Gasteiger partial charge in [0.2, 0.25) is 0 Å². The largest absolute Gasteiger partial charge is 0.497 e. The number of nitrogens with one attached hydrogen (secondary N) is 1. The van der Waals surface area contributed by atoms with Crippen LogP contribution in [0.2, 0.25) is 0 Å². The van der Waals surface area contributed by atoms with Crippen LogP contribution in [-0.4, -0.2) is 22.4 Å². The van der Waals surface area contributed by atoms with Crippen LogP contribution in [0.4, 0.5) is 5.69 Å². The van der Waals surface area contributed by atoms with Crippen molar-refractivity contribution in [3.05, 3.63) is 70.4 Å². The van der Waals surface area contributed by atoms with Gasteiger partial charge in [-0.1, -0.05) is 29.8 Å². The third-order valence-electron chi connectivity index (χ3n) is 5.09. The third-order valence-corrected chi connectivity index (χ3v) is 5.99. The van der Waals surface area contributed by atoms with Crippen molar-refractivity contribution in [1.82, 2.24) is 9.38 Å². The summed E-state index contributed by atoms with van der Waals surface area (Å²) >= 11 is 1.64. The first kappa shape index (κ1) is 17.7. The molecule has 2 aromatic heterocycles. The molecule has 0 atom stereocenters. The predicted molar refractivity (Wildman–Crippen MR) is 117 cm³/mol. The van der Waals surface area contributed by atoms with E-state index < -0.39 is 0 Å². The summed E-state index contributed by atoms with van der Waals surface area (Å²) < 4.78 is 7.42. The van der Waals surface area contributed by atoms with Crippen molar-refractivity contribution in [3.63, 3.8) is 0 Å². The van der Waals surface area contributed by atoms with Gasteiger partial charge in [-0.2, -0.15) is 0 Å². The number of imidazole rings is 1. The Bertz CT molecular complexity index is 1300. The van der Waals surface area contributed by atoms with Gasteiger partial charge in [0.15, 0.2) is 4.96 Å². The normalized spacial score (nSPS) is 14.4. The van der Waals surface area contributed by atoms with Gasteiger partial charge < -0.3 is 10.1 Å². The van der Waals surface area contributed by atoms with Crippen molar-refractivity contribution in [1.29, 1.82) is 0 Å². The Morgan fingerprint density at radius 2 is 1.93 bits per heavy atom. The molecule has 1 amide bonds. The Morgan fingerprint density at radius 3 is 2.69 bits per heavy atom. The van der Waals surface area contributed by atoms with E-state index >= 15 is 0 Å². The van der Waals surface area contributed by atoms with Crippen molar-refractivity contribution >= 4 is 39.5 Å². The van der Waals surface area contributed by atoms with E-state index in [-0.39, 0.29) is 5.91 Å². The van der Waals surface area contributed by atoms with E-state index in [4.69, 9.17) is 9.72 Å². The average molecular weight is 401 g/mol. The molecule has 1 N–H and O–H groups in total. The van der Waals surface area contributed by atoms with Gasteiger partial charge in [0.1, 0.15) is 5.75 Å². The third kappa shape index (κ3) is 2.93. The van der Waals surface area contributed by atoms with Crippen molar-refractivity contribution in [2.24, 2.45) is 0 Å². The van der Waals surface area contributed by atoms with Gasteiger partial charge in [-0.3, -0.25) is 9.20 Å². The van der Waals surface area contributed by atoms with Gasteiger partial charge in [-0.15, -0.1) is 11.3 Å². The quantitative estimate of drug-likeness (QED) is 0.481. The zero-order valence-electron chi connectivity index (χ0n) is 16.3. The van der Waals surface area contributed by atoms with Gasteiger partial charge in [-0.05, 0) is 38.1 Å². The minimum absolute atomic E-state index is 0.120. The number of amides is 1. The first-order valence-corrected chi connectivity index (χ1v) is 10.1. The minimum Gasteiger partial charge on any atom is -0.497 e. The molecule has 6 heteroatoms. The zero-order valence-corrected chi connectivity index (χ0v) is 17.1. The lowest BCUT2D eigenvalue weighted by molar-refractivity contribution is -0.110. The number of anilines is 1. The Labute approximate surface area is 172 Å². The summed E-state index contributed by atoms with van der Waals surface area (Å²) in [7, 11) is 1.62. The van der Waals surface area contributed by atoms with Crippen LogP contribution in [0.3, 0.4) is 0 Å². The maximum Gasteiger partial charge on any atom is 0.256 e. The minimum atomic E-state index is -0.120. The molecule has 29 heavy (non-hydrogen) atoms.